The number of carbonyl (C=O) groups is 1. The molecule has 1 saturated heterocycles. The second-order valence-electron chi connectivity index (χ2n) is 7.13. The fraction of sp³-hybridized carbons (Fsp3) is 0.238. The van der Waals surface area contributed by atoms with Gasteiger partial charge in [0, 0.05) is 17.5 Å². The molecule has 4 aromatic rings. The molecule has 2 aromatic heterocycles. The van der Waals surface area contributed by atoms with Gasteiger partial charge in [-0.05, 0) is 43.2 Å². The average molecular weight is 406 g/mol. The highest BCUT2D eigenvalue weighted by atomic mass is 19.1. The van der Waals surface area contributed by atoms with Crippen LogP contribution in [0.25, 0.3) is 27.9 Å². The maximum absolute atomic E-state index is 13.9. The van der Waals surface area contributed by atoms with Crippen LogP contribution in [-0.4, -0.2) is 45.2 Å². The maximum Gasteiger partial charge on any atom is 0.242 e. The van der Waals surface area contributed by atoms with Crippen LogP contribution < -0.4 is 15.4 Å². The van der Waals surface area contributed by atoms with E-state index in [1.54, 1.807) is 13.2 Å². The summed E-state index contributed by atoms with van der Waals surface area (Å²) in [4.78, 5) is 21.5. The topological polar surface area (TPSA) is 93.4 Å². The highest BCUT2D eigenvalue weighted by molar-refractivity contribution is 5.93. The van der Waals surface area contributed by atoms with Crippen LogP contribution >= 0.6 is 0 Å². The summed E-state index contributed by atoms with van der Waals surface area (Å²) in [6.07, 6.45) is 1.56. The van der Waals surface area contributed by atoms with E-state index in [-0.39, 0.29) is 11.7 Å². The van der Waals surface area contributed by atoms with Crippen LogP contribution in [0, 0.1) is 5.82 Å². The minimum atomic E-state index is -0.420. The van der Waals surface area contributed by atoms with E-state index in [9.17, 15) is 9.18 Å². The third-order valence-corrected chi connectivity index (χ3v) is 5.15. The molecule has 0 radical (unpaired) electrons. The van der Waals surface area contributed by atoms with Gasteiger partial charge in [-0.3, -0.25) is 4.79 Å². The summed E-state index contributed by atoms with van der Waals surface area (Å²) in [6, 6.07) is 11.3. The number of amides is 1. The number of aromatic nitrogens is 4. The van der Waals surface area contributed by atoms with Gasteiger partial charge in [0.15, 0.2) is 11.5 Å². The number of piperidine rings is 1. The van der Waals surface area contributed by atoms with E-state index < -0.39 is 6.04 Å². The average Bonchev–Trinajstić information content (AvgIpc) is 3.22. The summed E-state index contributed by atoms with van der Waals surface area (Å²) < 4.78 is 20.8. The Morgan fingerprint density at radius 1 is 1.23 bits per heavy atom. The quantitative estimate of drug-likeness (QED) is 0.541. The molecular weight excluding hydrogens is 387 g/mol. The largest absolute Gasteiger partial charge is 0.497 e. The van der Waals surface area contributed by atoms with Crippen LogP contribution in [0.3, 0.4) is 0 Å². The van der Waals surface area contributed by atoms with Crippen molar-refractivity contribution in [2.45, 2.75) is 18.9 Å². The van der Waals surface area contributed by atoms with Crippen molar-refractivity contribution < 1.29 is 13.9 Å². The Bertz CT molecular complexity index is 1270. The lowest BCUT2D eigenvalue weighted by Crippen LogP contribution is -2.44. The third-order valence-electron chi connectivity index (χ3n) is 5.15. The molecule has 2 N–H and O–H groups in total. The van der Waals surface area contributed by atoms with Gasteiger partial charge < -0.3 is 15.4 Å². The van der Waals surface area contributed by atoms with E-state index in [0.29, 0.717) is 47.0 Å². The molecule has 9 heteroatoms. The molecule has 0 spiro atoms. The number of carbonyl (C=O) groups excluding carboxylic acids is 1. The molecule has 0 unspecified atom stereocenters. The van der Waals surface area contributed by atoms with Crippen molar-refractivity contribution >= 4 is 28.4 Å². The van der Waals surface area contributed by atoms with Crippen molar-refractivity contribution in [1.82, 2.24) is 24.9 Å². The normalized spacial score (nSPS) is 16.6. The van der Waals surface area contributed by atoms with Gasteiger partial charge in [0.1, 0.15) is 17.6 Å². The molecule has 30 heavy (non-hydrogen) atoms. The first kappa shape index (κ1) is 18.3. The zero-order chi connectivity index (χ0) is 20.7. The van der Waals surface area contributed by atoms with Gasteiger partial charge in [-0.2, -0.15) is 4.52 Å². The third kappa shape index (κ3) is 3.18. The fourth-order valence-electron chi connectivity index (χ4n) is 3.62. The predicted octanol–water partition coefficient (Wildman–Crippen LogP) is 2.78. The number of nitrogens with one attached hydrogen (secondary N) is 2. The molecule has 0 saturated carbocycles. The van der Waals surface area contributed by atoms with Crippen LogP contribution in [-0.2, 0) is 4.79 Å². The Labute approximate surface area is 171 Å². The predicted molar refractivity (Wildman–Crippen MR) is 110 cm³/mol. The minimum absolute atomic E-state index is 0.0801. The summed E-state index contributed by atoms with van der Waals surface area (Å²) in [7, 11) is 1.59. The van der Waals surface area contributed by atoms with Crippen molar-refractivity contribution in [3.63, 3.8) is 0 Å². The molecule has 1 aliphatic rings. The summed E-state index contributed by atoms with van der Waals surface area (Å²) in [5, 5.41) is 11.2. The second kappa shape index (κ2) is 7.25. The monoisotopic (exact) mass is 406 g/mol. The maximum atomic E-state index is 13.9. The van der Waals surface area contributed by atoms with Crippen LogP contribution in [0.5, 0.6) is 5.75 Å². The Balaban J connectivity index is 1.69. The first-order chi connectivity index (χ1) is 14.6. The lowest BCUT2D eigenvalue weighted by atomic mass is 10.1. The standard InChI is InChI=1S/C21H19FN6O2/c1-30-14-5-2-4-12(10-14)18-26-19-15-11-13(22)7-8-16(15)24-21(28(19)27-18)25-17-6-3-9-23-20(17)29/h2,4-5,7-8,10-11,17H,3,6,9H2,1H3,(H,23,29)(H,24,25)/t17-/m0/s1. The molecule has 152 valence electrons. The number of rotatable bonds is 4. The molecule has 1 aliphatic heterocycles. The van der Waals surface area contributed by atoms with Crippen molar-refractivity contribution in [1.29, 1.82) is 0 Å². The highest BCUT2D eigenvalue weighted by Gasteiger charge is 2.24. The van der Waals surface area contributed by atoms with Gasteiger partial charge in [-0.15, -0.1) is 5.10 Å². The zero-order valence-electron chi connectivity index (χ0n) is 16.2. The molecular formula is C21H19FN6O2. The van der Waals surface area contributed by atoms with Crippen molar-refractivity contribution in [3.8, 4) is 17.1 Å². The van der Waals surface area contributed by atoms with Crippen LogP contribution in [0.15, 0.2) is 42.5 Å². The minimum Gasteiger partial charge on any atom is -0.497 e. The number of anilines is 1. The molecule has 1 fully saturated rings. The lowest BCUT2D eigenvalue weighted by Gasteiger charge is -2.23. The molecule has 0 bridgehead atoms. The van der Waals surface area contributed by atoms with E-state index >= 15 is 0 Å². The first-order valence-corrected chi connectivity index (χ1v) is 9.67. The Morgan fingerprint density at radius 3 is 2.97 bits per heavy atom. The summed E-state index contributed by atoms with van der Waals surface area (Å²) >= 11 is 0. The number of nitrogens with zero attached hydrogens (tertiary/aromatic N) is 4. The summed E-state index contributed by atoms with van der Waals surface area (Å²) in [5.74, 6) is 1.04. The fourth-order valence-corrected chi connectivity index (χ4v) is 3.62. The smallest absolute Gasteiger partial charge is 0.242 e. The van der Waals surface area contributed by atoms with Gasteiger partial charge in [0.05, 0.1) is 12.6 Å². The van der Waals surface area contributed by atoms with E-state index in [4.69, 9.17) is 4.74 Å². The van der Waals surface area contributed by atoms with Crippen LogP contribution in [0.4, 0.5) is 10.3 Å². The van der Waals surface area contributed by atoms with E-state index in [1.807, 2.05) is 24.3 Å². The van der Waals surface area contributed by atoms with Crippen LogP contribution in [0.2, 0.25) is 0 Å². The molecule has 1 amide bonds. The summed E-state index contributed by atoms with van der Waals surface area (Å²) in [6.45, 7) is 0.667. The van der Waals surface area contributed by atoms with Gasteiger partial charge >= 0.3 is 0 Å². The SMILES string of the molecule is COc1cccc(-c2nc3c4cc(F)ccc4nc(N[C@H]4CCCNC4=O)n3n2)c1. The molecule has 5 rings (SSSR count). The van der Waals surface area contributed by atoms with Gasteiger partial charge in [-0.25, -0.2) is 14.4 Å². The van der Waals surface area contributed by atoms with Crippen molar-refractivity contribution in [2.24, 2.45) is 0 Å². The molecule has 8 nitrogen and oxygen atoms in total. The van der Waals surface area contributed by atoms with Crippen LogP contribution in [0.1, 0.15) is 12.8 Å². The van der Waals surface area contributed by atoms with Gasteiger partial charge in [-0.1, -0.05) is 12.1 Å². The van der Waals surface area contributed by atoms with Gasteiger partial charge in [0.25, 0.3) is 0 Å². The van der Waals surface area contributed by atoms with E-state index in [2.05, 4.69) is 25.7 Å². The molecule has 2 aromatic carbocycles. The summed E-state index contributed by atoms with van der Waals surface area (Å²) in [5.41, 5.74) is 1.77. The number of halogens is 1. The zero-order valence-corrected chi connectivity index (χ0v) is 16.2. The highest BCUT2D eigenvalue weighted by Crippen LogP contribution is 2.27. The number of benzene rings is 2. The Kier molecular flexibility index (Phi) is 4.42. The lowest BCUT2D eigenvalue weighted by molar-refractivity contribution is -0.123. The van der Waals surface area contributed by atoms with E-state index in [0.717, 1.165) is 12.0 Å². The Hall–Kier alpha value is -3.75. The first-order valence-electron chi connectivity index (χ1n) is 9.67. The van der Waals surface area contributed by atoms with Gasteiger partial charge in [0.2, 0.25) is 11.9 Å². The van der Waals surface area contributed by atoms with Crippen molar-refractivity contribution in [3.05, 3.63) is 48.3 Å². The second-order valence-corrected chi connectivity index (χ2v) is 7.13. The number of methoxy groups -OCH3 is 1. The number of ether oxygens (including phenoxy) is 1. The van der Waals surface area contributed by atoms with E-state index in [1.165, 1.54) is 16.6 Å². The number of hydrogen-bond acceptors (Lipinski definition) is 6. The molecule has 3 heterocycles. The molecule has 0 aliphatic carbocycles. The Morgan fingerprint density at radius 2 is 2.13 bits per heavy atom. The van der Waals surface area contributed by atoms with Crippen molar-refractivity contribution in [2.75, 3.05) is 19.0 Å². The molecule has 1 atom stereocenters. The number of fused-ring (bicyclic) bond motifs is 3. The number of hydrogen-bond donors (Lipinski definition) is 2.